The summed E-state index contributed by atoms with van der Waals surface area (Å²) in [5.74, 6) is 0.619. The molecule has 2 unspecified atom stereocenters. The Hall–Kier alpha value is -0.790. The molecule has 0 saturated heterocycles. The predicted molar refractivity (Wildman–Crippen MR) is 86.6 cm³/mol. The van der Waals surface area contributed by atoms with Crippen molar-refractivity contribution in [2.45, 2.75) is 45.4 Å². The van der Waals surface area contributed by atoms with E-state index in [1.165, 1.54) is 32.9 Å². The minimum Gasteiger partial charge on any atom is -0.143 e. The van der Waals surface area contributed by atoms with Crippen molar-refractivity contribution in [2.75, 3.05) is 0 Å². The van der Waals surface area contributed by atoms with Gasteiger partial charge in [0.15, 0.2) is 0 Å². The number of alkyl halides is 1. The fraction of sp³-hybridized carbons (Fsp3) is 0.412. The maximum absolute atomic E-state index is 6.59. The van der Waals surface area contributed by atoms with E-state index in [-0.39, 0.29) is 5.38 Å². The van der Waals surface area contributed by atoms with Gasteiger partial charge in [-0.1, -0.05) is 38.1 Å². The van der Waals surface area contributed by atoms with Gasteiger partial charge in [-0.3, -0.25) is 0 Å². The number of halogens is 1. The Balaban J connectivity index is 2.22. The number of thiophene rings is 1. The maximum atomic E-state index is 6.59. The minimum atomic E-state index is -0.0246. The summed E-state index contributed by atoms with van der Waals surface area (Å²) in [5.41, 5.74) is 3.92. The molecule has 2 heteroatoms. The van der Waals surface area contributed by atoms with Gasteiger partial charge in [-0.2, -0.15) is 0 Å². The summed E-state index contributed by atoms with van der Waals surface area (Å²) >= 11 is 8.39. The molecule has 0 bridgehead atoms. The van der Waals surface area contributed by atoms with Gasteiger partial charge >= 0.3 is 0 Å². The van der Waals surface area contributed by atoms with Crippen molar-refractivity contribution < 1.29 is 0 Å². The highest BCUT2D eigenvalue weighted by Gasteiger charge is 2.14. The van der Waals surface area contributed by atoms with Crippen LogP contribution in [-0.4, -0.2) is 0 Å². The normalized spacial score (nSPS) is 14.4. The molecule has 0 spiro atoms. The van der Waals surface area contributed by atoms with Crippen LogP contribution in [0, 0.1) is 13.8 Å². The number of hydrogen-bond acceptors (Lipinski definition) is 1. The van der Waals surface area contributed by atoms with E-state index in [2.05, 4.69) is 58.0 Å². The molecule has 0 fully saturated rings. The fourth-order valence-electron chi connectivity index (χ4n) is 2.12. The zero-order valence-electron chi connectivity index (χ0n) is 12.0. The molecular weight excluding hydrogens is 272 g/mol. The second-order valence-electron chi connectivity index (χ2n) is 5.23. The minimum absolute atomic E-state index is 0.0246. The molecule has 19 heavy (non-hydrogen) atoms. The van der Waals surface area contributed by atoms with Crippen LogP contribution in [0.25, 0.3) is 0 Å². The number of rotatable bonds is 4. The zero-order valence-corrected chi connectivity index (χ0v) is 13.6. The third-order valence-electron chi connectivity index (χ3n) is 3.85. The van der Waals surface area contributed by atoms with Crippen molar-refractivity contribution in [3.63, 3.8) is 0 Å². The predicted octanol–water partition coefficient (Wildman–Crippen LogP) is 6.21. The van der Waals surface area contributed by atoms with E-state index < -0.39 is 0 Å². The van der Waals surface area contributed by atoms with Gasteiger partial charge in [-0.05, 0) is 48.9 Å². The molecule has 0 aliphatic rings. The van der Waals surface area contributed by atoms with Crippen molar-refractivity contribution in [1.29, 1.82) is 0 Å². The van der Waals surface area contributed by atoms with Crippen LogP contribution in [0.1, 0.15) is 58.0 Å². The van der Waals surface area contributed by atoms with Gasteiger partial charge in [0.25, 0.3) is 0 Å². The Morgan fingerprint density at radius 1 is 1.11 bits per heavy atom. The largest absolute Gasteiger partial charge is 0.143 e. The van der Waals surface area contributed by atoms with E-state index in [0.717, 1.165) is 0 Å². The molecule has 102 valence electrons. The third kappa shape index (κ3) is 3.21. The van der Waals surface area contributed by atoms with Gasteiger partial charge in [0.2, 0.25) is 0 Å². The monoisotopic (exact) mass is 292 g/mol. The Morgan fingerprint density at radius 2 is 1.68 bits per heavy atom. The Labute approximate surface area is 125 Å². The molecule has 0 aliphatic carbocycles. The molecule has 2 aromatic rings. The average Bonchev–Trinajstić information content (AvgIpc) is 2.77. The van der Waals surface area contributed by atoms with E-state index in [4.69, 9.17) is 11.6 Å². The average molecular weight is 293 g/mol. The number of aryl methyl sites for hydroxylation is 2. The smallest absolute Gasteiger partial charge is 0.0927 e. The van der Waals surface area contributed by atoms with E-state index in [0.29, 0.717) is 5.92 Å². The van der Waals surface area contributed by atoms with Gasteiger partial charge in [0, 0.05) is 9.75 Å². The van der Waals surface area contributed by atoms with Crippen LogP contribution in [-0.2, 0) is 0 Å². The molecule has 1 heterocycles. The molecular formula is C17H21ClS. The Morgan fingerprint density at radius 3 is 2.16 bits per heavy atom. The van der Waals surface area contributed by atoms with Gasteiger partial charge in [-0.25, -0.2) is 0 Å². The molecule has 0 nitrogen and oxygen atoms in total. The quantitative estimate of drug-likeness (QED) is 0.588. The highest BCUT2D eigenvalue weighted by atomic mass is 35.5. The second-order valence-corrected chi connectivity index (χ2v) is 6.95. The Kier molecular flexibility index (Phi) is 4.70. The molecule has 0 saturated carbocycles. The number of benzene rings is 1. The lowest BCUT2D eigenvalue weighted by Gasteiger charge is -2.12. The molecule has 1 aromatic carbocycles. The molecule has 0 amide bonds. The summed E-state index contributed by atoms with van der Waals surface area (Å²) < 4.78 is 0. The van der Waals surface area contributed by atoms with Gasteiger partial charge in [-0.15, -0.1) is 22.9 Å². The summed E-state index contributed by atoms with van der Waals surface area (Å²) in [6, 6.07) is 11.0. The molecule has 1 aromatic heterocycles. The van der Waals surface area contributed by atoms with Crippen LogP contribution < -0.4 is 0 Å². The Bertz CT molecular complexity index is 519. The lowest BCUT2D eigenvalue weighted by Crippen LogP contribution is -1.94. The lowest BCUT2D eigenvalue weighted by molar-refractivity contribution is 0.733. The van der Waals surface area contributed by atoms with Crippen LogP contribution in [0.4, 0.5) is 0 Å². The van der Waals surface area contributed by atoms with Crippen LogP contribution >= 0.6 is 22.9 Å². The fourth-order valence-corrected chi connectivity index (χ4v) is 3.51. The maximum Gasteiger partial charge on any atom is 0.0927 e. The molecule has 0 aliphatic heterocycles. The highest BCUT2D eigenvalue weighted by Crippen LogP contribution is 2.35. The van der Waals surface area contributed by atoms with Crippen molar-refractivity contribution in [3.05, 3.63) is 56.8 Å². The molecule has 2 atom stereocenters. The van der Waals surface area contributed by atoms with Gasteiger partial charge < -0.3 is 0 Å². The molecule has 0 radical (unpaired) electrons. The van der Waals surface area contributed by atoms with Gasteiger partial charge in [0.1, 0.15) is 0 Å². The SMILES string of the molecule is CCC(C)c1ccc(C(Cl)c2cc(C)c(C)s2)cc1. The van der Waals surface area contributed by atoms with E-state index in [9.17, 15) is 0 Å². The first-order chi connectivity index (χ1) is 9.02. The van der Waals surface area contributed by atoms with Crippen LogP contribution in [0.2, 0.25) is 0 Å². The van der Waals surface area contributed by atoms with Crippen molar-refractivity contribution in [3.8, 4) is 0 Å². The third-order valence-corrected chi connectivity index (χ3v) is 5.68. The van der Waals surface area contributed by atoms with E-state index in [1.54, 1.807) is 11.3 Å². The van der Waals surface area contributed by atoms with E-state index in [1.807, 2.05) is 0 Å². The lowest BCUT2D eigenvalue weighted by atomic mass is 9.97. The standard InChI is InChI=1S/C17H21ClS/c1-5-11(2)14-6-8-15(9-7-14)17(18)16-10-12(3)13(4)19-16/h6-11,17H,5H2,1-4H3. The highest BCUT2D eigenvalue weighted by molar-refractivity contribution is 7.12. The van der Waals surface area contributed by atoms with Crippen molar-refractivity contribution >= 4 is 22.9 Å². The van der Waals surface area contributed by atoms with Crippen molar-refractivity contribution in [2.24, 2.45) is 0 Å². The topological polar surface area (TPSA) is 0 Å². The first kappa shape index (κ1) is 14.6. The summed E-state index contributed by atoms with van der Waals surface area (Å²) in [7, 11) is 0. The summed E-state index contributed by atoms with van der Waals surface area (Å²) in [6.45, 7) is 8.78. The van der Waals surface area contributed by atoms with E-state index >= 15 is 0 Å². The zero-order chi connectivity index (χ0) is 14.0. The summed E-state index contributed by atoms with van der Waals surface area (Å²) in [6.07, 6.45) is 1.17. The first-order valence-electron chi connectivity index (χ1n) is 6.83. The van der Waals surface area contributed by atoms with Gasteiger partial charge in [0.05, 0.1) is 5.38 Å². The number of hydrogen-bond donors (Lipinski definition) is 0. The van der Waals surface area contributed by atoms with Crippen LogP contribution in [0.5, 0.6) is 0 Å². The molecule has 2 rings (SSSR count). The summed E-state index contributed by atoms with van der Waals surface area (Å²) in [5, 5.41) is -0.0246. The van der Waals surface area contributed by atoms with Crippen molar-refractivity contribution in [1.82, 2.24) is 0 Å². The second kappa shape index (κ2) is 6.11. The van der Waals surface area contributed by atoms with Crippen LogP contribution in [0.15, 0.2) is 30.3 Å². The summed E-state index contributed by atoms with van der Waals surface area (Å²) in [4.78, 5) is 2.60. The molecule has 0 N–H and O–H groups in total. The van der Waals surface area contributed by atoms with Crippen LogP contribution in [0.3, 0.4) is 0 Å². The first-order valence-corrected chi connectivity index (χ1v) is 8.09.